The van der Waals surface area contributed by atoms with Crippen molar-refractivity contribution in [1.29, 1.82) is 0 Å². The average Bonchev–Trinajstić information content (AvgIpc) is 3.19. The number of rotatable bonds is 4. The highest BCUT2D eigenvalue weighted by atomic mass is 16.2. The van der Waals surface area contributed by atoms with Crippen LogP contribution in [0.5, 0.6) is 0 Å². The van der Waals surface area contributed by atoms with E-state index >= 15 is 0 Å². The van der Waals surface area contributed by atoms with Crippen LogP contribution in [0.4, 0.5) is 4.79 Å². The molecule has 0 saturated carbocycles. The van der Waals surface area contributed by atoms with Gasteiger partial charge in [-0.3, -0.25) is 0 Å². The summed E-state index contributed by atoms with van der Waals surface area (Å²) in [5.74, 6) is 1.36. The van der Waals surface area contributed by atoms with Crippen LogP contribution in [0.15, 0.2) is 60.9 Å². The van der Waals surface area contributed by atoms with Crippen molar-refractivity contribution in [3.8, 4) is 0 Å². The minimum absolute atomic E-state index is 0.0177. The minimum atomic E-state index is -0.166. The summed E-state index contributed by atoms with van der Waals surface area (Å²) in [4.78, 5) is 15.0. The summed E-state index contributed by atoms with van der Waals surface area (Å²) >= 11 is 0. The summed E-state index contributed by atoms with van der Waals surface area (Å²) in [7, 11) is 1.97. The second kappa shape index (κ2) is 8.47. The van der Waals surface area contributed by atoms with Gasteiger partial charge in [-0.05, 0) is 30.9 Å². The van der Waals surface area contributed by atoms with E-state index in [1.54, 1.807) is 6.33 Å². The maximum Gasteiger partial charge on any atom is 0.318 e. The Morgan fingerprint density at radius 3 is 2.31 bits per heavy atom. The third kappa shape index (κ3) is 4.31. The topological polar surface area (TPSA) is 63.1 Å². The van der Waals surface area contributed by atoms with Gasteiger partial charge in [0, 0.05) is 26.1 Å². The van der Waals surface area contributed by atoms with Gasteiger partial charge in [-0.25, -0.2) is 4.79 Å². The highest BCUT2D eigenvalue weighted by molar-refractivity contribution is 5.75. The van der Waals surface area contributed by atoms with E-state index in [0.717, 1.165) is 42.9 Å². The highest BCUT2D eigenvalue weighted by Crippen LogP contribution is 2.27. The molecule has 1 aliphatic heterocycles. The molecule has 150 valence electrons. The van der Waals surface area contributed by atoms with Crippen LogP contribution in [0.3, 0.4) is 0 Å². The Kier molecular flexibility index (Phi) is 5.60. The number of carbonyl (C=O) groups is 1. The SMILES string of the molecule is Cc1ccc([C@H](NC(=O)N2CCC(c3nncn3C)CC2)c2ccccc2)cc1. The third-order valence-electron chi connectivity index (χ3n) is 5.71. The van der Waals surface area contributed by atoms with Crippen LogP contribution in [0.2, 0.25) is 0 Å². The number of amides is 2. The first-order valence-corrected chi connectivity index (χ1v) is 10.1. The molecule has 6 heteroatoms. The Morgan fingerprint density at radius 1 is 1.03 bits per heavy atom. The van der Waals surface area contributed by atoms with Crippen molar-refractivity contribution in [1.82, 2.24) is 25.0 Å². The average molecular weight is 390 g/mol. The van der Waals surface area contributed by atoms with Gasteiger partial charge in [-0.2, -0.15) is 0 Å². The van der Waals surface area contributed by atoms with Gasteiger partial charge in [0.2, 0.25) is 0 Å². The molecule has 2 heterocycles. The number of carbonyl (C=O) groups excluding carboxylic acids is 1. The normalized spacial score (nSPS) is 15.9. The number of aromatic nitrogens is 3. The highest BCUT2D eigenvalue weighted by Gasteiger charge is 2.28. The van der Waals surface area contributed by atoms with Gasteiger partial charge in [0.25, 0.3) is 0 Å². The van der Waals surface area contributed by atoms with Gasteiger partial charge in [0.15, 0.2) is 0 Å². The van der Waals surface area contributed by atoms with Crippen molar-refractivity contribution in [2.45, 2.75) is 31.7 Å². The molecule has 6 nitrogen and oxygen atoms in total. The summed E-state index contributed by atoms with van der Waals surface area (Å²) in [6.45, 7) is 3.51. The van der Waals surface area contributed by atoms with E-state index < -0.39 is 0 Å². The number of hydrogen-bond donors (Lipinski definition) is 1. The summed E-state index contributed by atoms with van der Waals surface area (Å²) < 4.78 is 1.98. The number of nitrogens with one attached hydrogen (secondary N) is 1. The summed E-state index contributed by atoms with van der Waals surface area (Å²) in [5, 5.41) is 11.5. The number of aryl methyl sites for hydroxylation is 2. The molecule has 2 amide bonds. The standard InChI is InChI=1S/C23H27N5O/c1-17-8-10-19(11-9-17)21(18-6-4-3-5-7-18)25-23(29)28-14-12-20(13-15-28)22-26-24-16-27(22)2/h3-11,16,20-21H,12-15H2,1-2H3,(H,25,29)/t21-/m1/s1. The fraction of sp³-hybridized carbons (Fsp3) is 0.348. The fourth-order valence-electron chi connectivity index (χ4n) is 3.98. The van der Waals surface area contributed by atoms with Crippen LogP contribution in [-0.2, 0) is 7.05 Å². The fourth-order valence-corrected chi connectivity index (χ4v) is 3.98. The van der Waals surface area contributed by atoms with Crippen molar-refractivity contribution in [2.75, 3.05) is 13.1 Å². The predicted octanol–water partition coefficient (Wildman–Crippen LogP) is 3.80. The first-order valence-electron chi connectivity index (χ1n) is 10.1. The van der Waals surface area contributed by atoms with Gasteiger partial charge < -0.3 is 14.8 Å². The number of piperidine rings is 1. The lowest BCUT2D eigenvalue weighted by Gasteiger charge is -2.33. The molecule has 1 N–H and O–H groups in total. The lowest BCUT2D eigenvalue weighted by molar-refractivity contribution is 0.177. The lowest BCUT2D eigenvalue weighted by Crippen LogP contribution is -2.45. The van der Waals surface area contributed by atoms with Crippen molar-refractivity contribution in [3.05, 3.63) is 83.4 Å². The molecule has 1 saturated heterocycles. The van der Waals surface area contributed by atoms with Gasteiger partial charge in [-0.1, -0.05) is 60.2 Å². The van der Waals surface area contributed by atoms with Gasteiger partial charge in [0.05, 0.1) is 6.04 Å². The van der Waals surface area contributed by atoms with Crippen molar-refractivity contribution in [3.63, 3.8) is 0 Å². The molecular formula is C23H27N5O. The molecule has 1 aromatic heterocycles. The molecule has 1 aliphatic rings. The Bertz CT molecular complexity index is 943. The van der Waals surface area contributed by atoms with E-state index in [4.69, 9.17) is 0 Å². The molecule has 2 aromatic carbocycles. The lowest BCUT2D eigenvalue weighted by atomic mass is 9.95. The number of likely N-dealkylation sites (tertiary alicyclic amines) is 1. The molecule has 1 atom stereocenters. The second-order valence-corrected chi connectivity index (χ2v) is 7.77. The number of benzene rings is 2. The second-order valence-electron chi connectivity index (χ2n) is 7.77. The van der Waals surface area contributed by atoms with Crippen LogP contribution >= 0.6 is 0 Å². The van der Waals surface area contributed by atoms with E-state index in [1.165, 1.54) is 5.56 Å². The number of urea groups is 1. The first kappa shape index (κ1) is 19.2. The Labute approximate surface area is 171 Å². The number of hydrogen-bond acceptors (Lipinski definition) is 3. The molecule has 0 radical (unpaired) electrons. The van der Waals surface area contributed by atoms with E-state index in [9.17, 15) is 4.79 Å². The molecule has 0 aliphatic carbocycles. The monoisotopic (exact) mass is 389 g/mol. The van der Waals surface area contributed by atoms with Crippen LogP contribution in [0, 0.1) is 6.92 Å². The molecule has 0 bridgehead atoms. The molecule has 0 spiro atoms. The third-order valence-corrected chi connectivity index (χ3v) is 5.71. The van der Waals surface area contributed by atoms with E-state index in [1.807, 2.05) is 34.7 Å². The maximum absolute atomic E-state index is 13.1. The summed E-state index contributed by atoms with van der Waals surface area (Å²) in [6.07, 6.45) is 3.54. The largest absolute Gasteiger partial charge is 0.327 e. The van der Waals surface area contributed by atoms with E-state index in [-0.39, 0.29) is 12.1 Å². The predicted molar refractivity (Wildman–Crippen MR) is 113 cm³/mol. The Morgan fingerprint density at radius 2 is 1.69 bits per heavy atom. The van der Waals surface area contributed by atoms with Gasteiger partial charge >= 0.3 is 6.03 Å². The van der Waals surface area contributed by atoms with Crippen LogP contribution in [0.1, 0.15) is 47.3 Å². The smallest absolute Gasteiger partial charge is 0.318 e. The van der Waals surface area contributed by atoms with Crippen LogP contribution < -0.4 is 5.32 Å². The van der Waals surface area contributed by atoms with E-state index in [2.05, 4.69) is 58.8 Å². The zero-order valence-corrected chi connectivity index (χ0v) is 17.0. The van der Waals surface area contributed by atoms with Crippen molar-refractivity contribution < 1.29 is 4.79 Å². The van der Waals surface area contributed by atoms with Crippen molar-refractivity contribution >= 4 is 6.03 Å². The molecular weight excluding hydrogens is 362 g/mol. The Balaban J connectivity index is 1.46. The quantitative estimate of drug-likeness (QED) is 0.738. The molecule has 4 rings (SSSR count). The van der Waals surface area contributed by atoms with Gasteiger partial charge in [0.1, 0.15) is 12.2 Å². The molecule has 0 unspecified atom stereocenters. The first-order chi connectivity index (χ1) is 14.1. The zero-order valence-electron chi connectivity index (χ0n) is 17.0. The molecule has 29 heavy (non-hydrogen) atoms. The summed E-state index contributed by atoms with van der Waals surface area (Å²) in [5.41, 5.74) is 3.38. The Hall–Kier alpha value is -3.15. The minimum Gasteiger partial charge on any atom is -0.327 e. The number of nitrogens with zero attached hydrogens (tertiary/aromatic N) is 4. The summed E-state index contributed by atoms with van der Waals surface area (Å²) in [6, 6.07) is 18.3. The van der Waals surface area contributed by atoms with Gasteiger partial charge in [-0.15, -0.1) is 10.2 Å². The van der Waals surface area contributed by atoms with Crippen LogP contribution in [0.25, 0.3) is 0 Å². The van der Waals surface area contributed by atoms with Crippen molar-refractivity contribution in [2.24, 2.45) is 7.05 Å². The van der Waals surface area contributed by atoms with E-state index in [0.29, 0.717) is 5.92 Å². The maximum atomic E-state index is 13.1. The zero-order chi connectivity index (χ0) is 20.2. The van der Waals surface area contributed by atoms with Crippen LogP contribution in [-0.4, -0.2) is 38.8 Å². The molecule has 1 fully saturated rings. The molecule has 3 aromatic rings.